The average Bonchev–Trinajstić information content (AvgIpc) is 2.97. The number of anilines is 1. The van der Waals surface area contributed by atoms with Crippen LogP contribution in [0.5, 0.6) is 0 Å². The number of benzene rings is 2. The standard InChI is InChI=1S/C19H20N2OS2/c1-3-4-11-23-19-21-16-10-9-15(12-17(16)24-19)20-18(22)14-7-5-13(2)6-8-14/h5-10,12H,3-4,11H2,1-2H3,(H,20,22). The van der Waals surface area contributed by atoms with Crippen LogP contribution in [0.25, 0.3) is 10.2 Å². The first-order valence-electron chi connectivity index (χ1n) is 8.07. The zero-order valence-corrected chi connectivity index (χ0v) is 15.5. The number of nitrogens with one attached hydrogen (secondary N) is 1. The van der Waals surface area contributed by atoms with Crippen molar-refractivity contribution in [2.45, 2.75) is 31.0 Å². The van der Waals surface area contributed by atoms with Gasteiger partial charge in [-0.15, -0.1) is 11.3 Å². The molecular weight excluding hydrogens is 336 g/mol. The van der Waals surface area contributed by atoms with Gasteiger partial charge in [0.05, 0.1) is 10.2 Å². The number of nitrogens with zero attached hydrogens (tertiary/aromatic N) is 1. The fourth-order valence-electron chi connectivity index (χ4n) is 2.25. The number of unbranched alkanes of at least 4 members (excludes halogenated alkanes) is 1. The lowest BCUT2D eigenvalue weighted by Crippen LogP contribution is -2.11. The van der Waals surface area contributed by atoms with Gasteiger partial charge in [0.2, 0.25) is 0 Å². The second-order valence-corrected chi connectivity index (χ2v) is 8.06. The van der Waals surface area contributed by atoms with E-state index >= 15 is 0 Å². The maximum Gasteiger partial charge on any atom is 0.255 e. The second kappa shape index (κ2) is 7.81. The van der Waals surface area contributed by atoms with Gasteiger partial charge >= 0.3 is 0 Å². The van der Waals surface area contributed by atoms with Gasteiger partial charge < -0.3 is 5.32 Å². The molecule has 5 heteroatoms. The van der Waals surface area contributed by atoms with Crippen LogP contribution in [0.4, 0.5) is 5.69 Å². The maximum absolute atomic E-state index is 12.3. The summed E-state index contributed by atoms with van der Waals surface area (Å²) in [5, 5.41) is 2.96. The highest BCUT2D eigenvalue weighted by molar-refractivity contribution is 8.01. The molecule has 0 atom stereocenters. The lowest BCUT2D eigenvalue weighted by atomic mass is 10.1. The summed E-state index contributed by atoms with van der Waals surface area (Å²) in [7, 11) is 0. The van der Waals surface area contributed by atoms with Crippen LogP contribution < -0.4 is 5.32 Å². The molecule has 3 nitrogen and oxygen atoms in total. The zero-order chi connectivity index (χ0) is 16.9. The van der Waals surface area contributed by atoms with E-state index in [0.717, 1.165) is 31.6 Å². The minimum absolute atomic E-state index is 0.0867. The monoisotopic (exact) mass is 356 g/mol. The summed E-state index contributed by atoms with van der Waals surface area (Å²) in [6.07, 6.45) is 2.41. The van der Waals surface area contributed by atoms with E-state index in [-0.39, 0.29) is 5.91 Å². The van der Waals surface area contributed by atoms with E-state index in [1.54, 1.807) is 11.3 Å². The first-order chi connectivity index (χ1) is 11.7. The van der Waals surface area contributed by atoms with E-state index in [2.05, 4.69) is 17.2 Å². The minimum atomic E-state index is -0.0867. The van der Waals surface area contributed by atoms with Crippen molar-refractivity contribution in [1.82, 2.24) is 4.98 Å². The molecular formula is C19H20N2OS2. The highest BCUT2D eigenvalue weighted by Gasteiger charge is 2.09. The van der Waals surface area contributed by atoms with Crippen molar-refractivity contribution in [3.63, 3.8) is 0 Å². The fraction of sp³-hybridized carbons (Fsp3) is 0.263. The molecule has 1 amide bonds. The summed E-state index contributed by atoms with van der Waals surface area (Å²) in [5.74, 6) is 1.02. The highest BCUT2D eigenvalue weighted by Crippen LogP contribution is 2.31. The van der Waals surface area contributed by atoms with Crippen LogP contribution in [-0.2, 0) is 0 Å². The Kier molecular flexibility index (Phi) is 5.53. The molecule has 2 aromatic carbocycles. The largest absolute Gasteiger partial charge is 0.322 e. The molecule has 1 heterocycles. The Labute approximate surface area is 150 Å². The molecule has 0 aliphatic heterocycles. The van der Waals surface area contributed by atoms with Gasteiger partial charge in [0.25, 0.3) is 5.91 Å². The van der Waals surface area contributed by atoms with Crippen molar-refractivity contribution >= 4 is 44.9 Å². The molecule has 0 spiro atoms. The molecule has 24 heavy (non-hydrogen) atoms. The second-order valence-electron chi connectivity index (χ2n) is 5.68. The Hall–Kier alpha value is -1.85. The summed E-state index contributed by atoms with van der Waals surface area (Å²) in [5.41, 5.74) is 3.61. The van der Waals surface area contributed by atoms with Crippen LogP contribution in [0.15, 0.2) is 46.8 Å². The lowest BCUT2D eigenvalue weighted by molar-refractivity contribution is 0.102. The first-order valence-corrected chi connectivity index (χ1v) is 9.87. The van der Waals surface area contributed by atoms with Gasteiger partial charge in [-0.3, -0.25) is 4.79 Å². The van der Waals surface area contributed by atoms with Crippen LogP contribution in [0.3, 0.4) is 0 Å². The predicted octanol–water partition coefficient (Wildman–Crippen LogP) is 5.75. The molecule has 0 unspecified atom stereocenters. The van der Waals surface area contributed by atoms with E-state index in [9.17, 15) is 4.79 Å². The number of rotatable bonds is 6. The van der Waals surface area contributed by atoms with Gasteiger partial charge in [0, 0.05) is 17.0 Å². The third kappa shape index (κ3) is 4.16. The Bertz CT molecular complexity index is 840. The van der Waals surface area contributed by atoms with E-state index in [0.29, 0.717) is 5.56 Å². The number of aromatic nitrogens is 1. The van der Waals surface area contributed by atoms with Crippen molar-refractivity contribution < 1.29 is 4.79 Å². The summed E-state index contributed by atoms with van der Waals surface area (Å²) in [4.78, 5) is 17.0. The van der Waals surface area contributed by atoms with Gasteiger partial charge in [-0.25, -0.2) is 4.98 Å². The lowest BCUT2D eigenvalue weighted by Gasteiger charge is -2.05. The predicted molar refractivity (Wildman–Crippen MR) is 104 cm³/mol. The molecule has 3 rings (SSSR count). The van der Waals surface area contributed by atoms with Gasteiger partial charge in [-0.1, -0.05) is 42.8 Å². The number of carbonyl (C=O) groups is 1. The van der Waals surface area contributed by atoms with Gasteiger partial charge in [0.15, 0.2) is 4.34 Å². The molecule has 0 aliphatic carbocycles. The topological polar surface area (TPSA) is 42.0 Å². The fourth-order valence-corrected chi connectivity index (χ4v) is 4.52. The molecule has 124 valence electrons. The molecule has 0 saturated heterocycles. The zero-order valence-electron chi connectivity index (χ0n) is 13.8. The molecule has 1 aromatic heterocycles. The Morgan fingerprint density at radius 2 is 2.00 bits per heavy atom. The number of thioether (sulfide) groups is 1. The number of hydrogen-bond acceptors (Lipinski definition) is 4. The maximum atomic E-state index is 12.3. The average molecular weight is 357 g/mol. The molecule has 1 N–H and O–H groups in total. The molecule has 0 fully saturated rings. The van der Waals surface area contributed by atoms with Crippen molar-refractivity contribution in [2.75, 3.05) is 11.1 Å². The molecule has 3 aromatic rings. The summed E-state index contributed by atoms with van der Waals surface area (Å²) >= 11 is 3.50. The number of aryl methyl sites for hydroxylation is 1. The minimum Gasteiger partial charge on any atom is -0.322 e. The molecule has 0 aliphatic rings. The molecule has 0 bridgehead atoms. The van der Waals surface area contributed by atoms with Gasteiger partial charge in [0.1, 0.15) is 0 Å². The SMILES string of the molecule is CCCCSc1nc2ccc(NC(=O)c3ccc(C)cc3)cc2s1. The summed E-state index contributed by atoms with van der Waals surface area (Å²) < 4.78 is 2.20. The molecule has 0 radical (unpaired) electrons. The van der Waals surface area contributed by atoms with Crippen molar-refractivity contribution in [3.05, 3.63) is 53.6 Å². The summed E-state index contributed by atoms with van der Waals surface area (Å²) in [6, 6.07) is 13.5. The number of fused-ring (bicyclic) bond motifs is 1. The van der Waals surface area contributed by atoms with Crippen molar-refractivity contribution in [2.24, 2.45) is 0 Å². The van der Waals surface area contributed by atoms with E-state index in [4.69, 9.17) is 0 Å². The van der Waals surface area contributed by atoms with E-state index < -0.39 is 0 Å². The van der Waals surface area contributed by atoms with Crippen LogP contribution in [0, 0.1) is 6.92 Å². The van der Waals surface area contributed by atoms with Crippen LogP contribution in [0.1, 0.15) is 35.7 Å². The normalized spacial score (nSPS) is 10.9. The van der Waals surface area contributed by atoms with Crippen LogP contribution >= 0.6 is 23.1 Å². The Morgan fingerprint density at radius 3 is 2.75 bits per heavy atom. The first kappa shape index (κ1) is 17.0. The van der Waals surface area contributed by atoms with E-state index in [1.807, 2.05) is 61.2 Å². The summed E-state index contributed by atoms with van der Waals surface area (Å²) in [6.45, 7) is 4.21. The molecule has 0 saturated carbocycles. The van der Waals surface area contributed by atoms with Crippen LogP contribution in [-0.4, -0.2) is 16.6 Å². The Morgan fingerprint density at radius 1 is 1.21 bits per heavy atom. The third-order valence-corrected chi connectivity index (χ3v) is 5.91. The van der Waals surface area contributed by atoms with Gasteiger partial charge in [-0.05, 0) is 43.7 Å². The number of amides is 1. The Balaban J connectivity index is 1.72. The number of thiazole rings is 1. The highest BCUT2D eigenvalue weighted by atomic mass is 32.2. The van der Waals surface area contributed by atoms with Crippen molar-refractivity contribution in [1.29, 1.82) is 0 Å². The van der Waals surface area contributed by atoms with Crippen molar-refractivity contribution in [3.8, 4) is 0 Å². The van der Waals surface area contributed by atoms with E-state index in [1.165, 1.54) is 12.8 Å². The van der Waals surface area contributed by atoms with Crippen LogP contribution in [0.2, 0.25) is 0 Å². The number of hydrogen-bond donors (Lipinski definition) is 1. The quantitative estimate of drug-likeness (QED) is 0.452. The smallest absolute Gasteiger partial charge is 0.255 e. The van der Waals surface area contributed by atoms with Gasteiger partial charge in [-0.2, -0.15) is 0 Å². The number of carbonyl (C=O) groups excluding carboxylic acids is 1. The third-order valence-electron chi connectivity index (χ3n) is 3.66.